The molecular weight excluding hydrogens is 388 g/mol. The van der Waals surface area contributed by atoms with Crippen molar-refractivity contribution < 1.29 is 9.32 Å². The van der Waals surface area contributed by atoms with E-state index < -0.39 is 0 Å². The van der Waals surface area contributed by atoms with Crippen LogP contribution >= 0.6 is 11.8 Å². The van der Waals surface area contributed by atoms with Gasteiger partial charge in [-0.1, -0.05) is 11.2 Å². The average molecular weight is 417 g/mol. The summed E-state index contributed by atoms with van der Waals surface area (Å²) < 4.78 is 7.24. The molecule has 0 unspecified atom stereocenters. The number of fused-ring (bicyclic) bond motifs is 4. The minimum Gasteiger partial charge on any atom is -0.360 e. The van der Waals surface area contributed by atoms with Gasteiger partial charge in [0, 0.05) is 49.4 Å². The lowest BCUT2D eigenvalue weighted by Gasteiger charge is -2.43. The Kier molecular flexibility index (Phi) is 5.83. The van der Waals surface area contributed by atoms with Gasteiger partial charge in [-0.05, 0) is 38.6 Å². The van der Waals surface area contributed by atoms with E-state index in [1.807, 2.05) is 41.8 Å². The molecule has 0 aromatic carbocycles. The lowest BCUT2D eigenvalue weighted by atomic mass is 9.83. The van der Waals surface area contributed by atoms with E-state index >= 15 is 0 Å². The van der Waals surface area contributed by atoms with E-state index in [4.69, 9.17) is 4.52 Å². The number of aryl methyl sites for hydroxylation is 1. The first-order valence-electron chi connectivity index (χ1n) is 10.0. The summed E-state index contributed by atoms with van der Waals surface area (Å²) >= 11 is 1.57. The Morgan fingerprint density at radius 3 is 2.86 bits per heavy atom. The quantitative estimate of drug-likeness (QED) is 0.718. The van der Waals surface area contributed by atoms with E-state index in [0.29, 0.717) is 31.3 Å². The summed E-state index contributed by atoms with van der Waals surface area (Å²) in [5, 5.41) is 3.92. The molecule has 2 atom stereocenters. The highest BCUT2D eigenvalue weighted by atomic mass is 32.2. The number of thioether (sulfide) groups is 1. The molecular formula is C21H28N4O3S. The third-order valence-electron chi connectivity index (χ3n) is 5.85. The van der Waals surface area contributed by atoms with Crippen LogP contribution in [0.4, 0.5) is 0 Å². The monoisotopic (exact) mass is 416 g/mol. The molecule has 2 aromatic rings. The maximum atomic E-state index is 13.2. The first-order chi connectivity index (χ1) is 13.9. The summed E-state index contributed by atoms with van der Waals surface area (Å²) in [6.45, 7) is 5.25. The molecule has 0 aliphatic carbocycles. The van der Waals surface area contributed by atoms with Gasteiger partial charge in [-0.3, -0.25) is 14.5 Å². The van der Waals surface area contributed by atoms with Crippen LogP contribution in [0.2, 0.25) is 0 Å². The molecule has 4 heterocycles. The summed E-state index contributed by atoms with van der Waals surface area (Å²) in [5.41, 5.74) is 2.83. The topological polar surface area (TPSA) is 71.6 Å². The number of carbonyl (C=O) groups excluding carboxylic acids is 1. The highest BCUT2D eigenvalue weighted by Crippen LogP contribution is 2.35. The zero-order valence-electron chi connectivity index (χ0n) is 17.3. The van der Waals surface area contributed by atoms with E-state index in [0.717, 1.165) is 42.2 Å². The fraction of sp³-hybridized carbons (Fsp3) is 0.571. The second kappa shape index (κ2) is 8.36. The summed E-state index contributed by atoms with van der Waals surface area (Å²) in [6, 6.07) is 5.97. The molecule has 0 radical (unpaired) electrons. The van der Waals surface area contributed by atoms with E-state index in [-0.39, 0.29) is 17.4 Å². The molecule has 1 fully saturated rings. The maximum Gasteiger partial charge on any atom is 0.255 e. The van der Waals surface area contributed by atoms with Crippen LogP contribution in [0.1, 0.15) is 35.1 Å². The standard InChI is InChI=1S/C21H28N4O3S/c1-14-6-18(28-22-14)12-23(2)10-16-4-5-19-17-7-15(9-25(19)21(16)27)8-24(11-17)20(26)13-29-3/h4-6,15,17H,7-13H2,1-3H3/t15-,17+/m0/s1. The Hall–Kier alpha value is -2.06. The lowest BCUT2D eigenvalue weighted by Crippen LogP contribution is -2.50. The van der Waals surface area contributed by atoms with E-state index in [9.17, 15) is 9.59 Å². The van der Waals surface area contributed by atoms with Gasteiger partial charge in [0.25, 0.3) is 5.56 Å². The molecule has 1 saturated heterocycles. The van der Waals surface area contributed by atoms with Crippen molar-refractivity contribution in [3.05, 3.63) is 51.3 Å². The number of hydrogen-bond acceptors (Lipinski definition) is 6. The zero-order chi connectivity index (χ0) is 20.5. The Morgan fingerprint density at radius 2 is 2.14 bits per heavy atom. The predicted molar refractivity (Wildman–Crippen MR) is 113 cm³/mol. The van der Waals surface area contributed by atoms with Gasteiger partial charge in [-0.25, -0.2) is 0 Å². The van der Waals surface area contributed by atoms with Crippen LogP contribution in [0.15, 0.2) is 27.5 Å². The van der Waals surface area contributed by atoms with Crippen LogP contribution in [0, 0.1) is 12.8 Å². The van der Waals surface area contributed by atoms with Crippen LogP contribution in [0.5, 0.6) is 0 Å². The molecule has 2 aliphatic heterocycles. The number of pyridine rings is 1. The number of carbonyl (C=O) groups is 1. The average Bonchev–Trinajstić information content (AvgIpc) is 3.09. The summed E-state index contributed by atoms with van der Waals surface area (Å²) in [7, 11) is 1.98. The lowest BCUT2D eigenvalue weighted by molar-refractivity contribution is -0.131. The fourth-order valence-electron chi connectivity index (χ4n) is 4.63. The van der Waals surface area contributed by atoms with Gasteiger partial charge in [0.2, 0.25) is 5.91 Å². The van der Waals surface area contributed by atoms with Crippen molar-refractivity contribution in [3.63, 3.8) is 0 Å². The molecule has 7 nitrogen and oxygen atoms in total. The van der Waals surface area contributed by atoms with Crippen molar-refractivity contribution in [2.75, 3.05) is 32.1 Å². The Bertz CT molecular complexity index is 954. The Labute approximate surface area is 175 Å². The maximum absolute atomic E-state index is 13.2. The summed E-state index contributed by atoms with van der Waals surface area (Å²) in [4.78, 5) is 29.6. The van der Waals surface area contributed by atoms with Crippen molar-refractivity contribution >= 4 is 17.7 Å². The molecule has 2 aromatic heterocycles. The summed E-state index contributed by atoms with van der Waals surface area (Å²) in [5.74, 6) is 2.15. The molecule has 0 N–H and O–H groups in total. The smallest absolute Gasteiger partial charge is 0.255 e. The fourth-order valence-corrected chi connectivity index (χ4v) is 5.06. The second-order valence-corrected chi connectivity index (χ2v) is 9.20. The molecule has 1 amide bonds. The summed E-state index contributed by atoms with van der Waals surface area (Å²) in [6.07, 6.45) is 3.02. The highest BCUT2D eigenvalue weighted by molar-refractivity contribution is 7.99. The van der Waals surface area contributed by atoms with Crippen molar-refractivity contribution in [2.45, 2.75) is 38.9 Å². The van der Waals surface area contributed by atoms with Crippen LogP contribution in [0.25, 0.3) is 0 Å². The highest BCUT2D eigenvalue weighted by Gasteiger charge is 2.36. The number of rotatable bonds is 6. The number of amides is 1. The van der Waals surface area contributed by atoms with Crippen molar-refractivity contribution in [2.24, 2.45) is 5.92 Å². The largest absolute Gasteiger partial charge is 0.360 e. The van der Waals surface area contributed by atoms with Crippen LogP contribution in [-0.4, -0.2) is 57.6 Å². The third-order valence-corrected chi connectivity index (χ3v) is 6.38. The van der Waals surface area contributed by atoms with Crippen molar-refractivity contribution in [3.8, 4) is 0 Å². The minimum atomic E-state index is 0.0988. The number of hydrogen-bond donors (Lipinski definition) is 0. The zero-order valence-corrected chi connectivity index (χ0v) is 18.1. The van der Waals surface area contributed by atoms with E-state index in [1.54, 1.807) is 11.8 Å². The molecule has 2 aliphatic rings. The van der Waals surface area contributed by atoms with Gasteiger partial charge in [-0.2, -0.15) is 11.8 Å². The van der Waals surface area contributed by atoms with Crippen LogP contribution < -0.4 is 5.56 Å². The van der Waals surface area contributed by atoms with E-state index in [2.05, 4.69) is 16.1 Å². The van der Waals surface area contributed by atoms with Gasteiger partial charge >= 0.3 is 0 Å². The van der Waals surface area contributed by atoms with Crippen molar-refractivity contribution in [1.82, 2.24) is 19.5 Å². The molecule has 156 valence electrons. The molecule has 2 bridgehead atoms. The van der Waals surface area contributed by atoms with E-state index in [1.165, 1.54) is 0 Å². The molecule has 4 rings (SSSR count). The molecule has 0 spiro atoms. The first-order valence-corrected chi connectivity index (χ1v) is 11.4. The SMILES string of the molecule is CSCC(=O)N1C[C@@H]2C[C@H](C1)c1ccc(CN(C)Cc3cc(C)no3)c(=O)n1C2. The van der Waals surface area contributed by atoms with Gasteiger partial charge in [0.15, 0.2) is 5.76 Å². The molecule has 0 saturated carbocycles. The number of nitrogens with zero attached hydrogens (tertiary/aromatic N) is 4. The normalized spacial score (nSPS) is 20.8. The Morgan fingerprint density at radius 1 is 1.31 bits per heavy atom. The second-order valence-electron chi connectivity index (χ2n) is 8.34. The Balaban J connectivity index is 1.50. The predicted octanol–water partition coefficient (Wildman–Crippen LogP) is 2.09. The number of piperidine rings is 1. The van der Waals surface area contributed by atoms with Gasteiger partial charge in [0.05, 0.1) is 18.0 Å². The van der Waals surface area contributed by atoms with Crippen molar-refractivity contribution in [1.29, 1.82) is 0 Å². The van der Waals surface area contributed by atoms with Gasteiger partial charge in [0.1, 0.15) is 0 Å². The number of likely N-dealkylation sites (tertiary alicyclic amines) is 1. The minimum absolute atomic E-state index is 0.0988. The third kappa shape index (κ3) is 4.28. The van der Waals surface area contributed by atoms with Crippen LogP contribution in [0.3, 0.4) is 0 Å². The number of aromatic nitrogens is 2. The molecule has 29 heavy (non-hydrogen) atoms. The van der Waals surface area contributed by atoms with Gasteiger partial charge in [-0.15, -0.1) is 0 Å². The van der Waals surface area contributed by atoms with Crippen LogP contribution in [-0.2, 0) is 24.4 Å². The first kappa shape index (κ1) is 20.2. The van der Waals surface area contributed by atoms with Gasteiger partial charge < -0.3 is 14.0 Å². The molecule has 8 heteroatoms.